The van der Waals surface area contributed by atoms with Crippen molar-refractivity contribution in [3.63, 3.8) is 0 Å². The smallest absolute Gasteiger partial charge is 0.255 e. The predicted molar refractivity (Wildman–Crippen MR) is 111 cm³/mol. The van der Waals surface area contributed by atoms with Crippen molar-refractivity contribution >= 4 is 21.6 Å². The molecule has 1 heterocycles. The van der Waals surface area contributed by atoms with E-state index in [1.807, 2.05) is 38.4 Å². The minimum absolute atomic E-state index is 0.168. The average molecular weight is 402 g/mol. The topological polar surface area (TPSA) is 69.7 Å². The number of amides is 1. The number of rotatable bonds is 7. The van der Waals surface area contributed by atoms with Gasteiger partial charge in [-0.25, -0.2) is 8.42 Å². The first kappa shape index (κ1) is 20.5. The molecule has 0 spiro atoms. The molecule has 150 valence electrons. The fourth-order valence-electron chi connectivity index (χ4n) is 3.19. The van der Waals surface area contributed by atoms with Gasteiger partial charge in [0.25, 0.3) is 5.91 Å². The summed E-state index contributed by atoms with van der Waals surface area (Å²) in [6, 6.07) is 14.0. The fraction of sp³-hybridized carbons (Fsp3) is 0.381. The number of carbonyl (C=O) groups is 1. The van der Waals surface area contributed by atoms with E-state index < -0.39 is 10.0 Å². The Kier molecular flexibility index (Phi) is 6.49. The molecule has 3 rings (SSSR count). The van der Waals surface area contributed by atoms with Gasteiger partial charge in [-0.3, -0.25) is 4.79 Å². The molecule has 2 aromatic carbocycles. The van der Waals surface area contributed by atoms with Gasteiger partial charge in [-0.15, -0.1) is 0 Å². The van der Waals surface area contributed by atoms with Crippen molar-refractivity contribution in [1.29, 1.82) is 0 Å². The van der Waals surface area contributed by atoms with E-state index in [2.05, 4.69) is 10.2 Å². The molecule has 0 radical (unpaired) electrons. The third-order valence-corrected chi connectivity index (χ3v) is 6.75. The number of carbonyl (C=O) groups excluding carboxylic acids is 1. The largest absolute Gasteiger partial charge is 0.322 e. The second-order valence-electron chi connectivity index (χ2n) is 7.34. The summed E-state index contributed by atoms with van der Waals surface area (Å²) in [5.74, 6) is -0.320. The van der Waals surface area contributed by atoms with Crippen LogP contribution in [0, 0.1) is 0 Å². The summed E-state index contributed by atoms with van der Waals surface area (Å²) in [6.45, 7) is 2.04. The van der Waals surface area contributed by atoms with E-state index in [1.54, 1.807) is 18.2 Å². The van der Waals surface area contributed by atoms with Gasteiger partial charge in [0.1, 0.15) is 0 Å². The second-order valence-corrected chi connectivity index (χ2v) is 9.28. The van der Waals surface area contributed by atoms with Crippen LogP contribution in [0.5, 0.6) is 0 Å². The highest BCUT2D eigenvalue weighted by molar-refractivity contribution is 7.89. The summed E-state index contributed by atoms with van der Waals surface area (Å²) >= 11 is 0. The number of likely N-dealkylation sites (N-methyl/N-ethyl adjacent to an activating group) is 1. The number of nitrogens with one attached hydrogen (secondary N) is 1. The van der Waals surface area contributed by atoms with Crippen molar-refractivity contribution in [3.8, 4) is 0 Å². The normalized spacial score (nSPS) is 15.1. The van der Waals surface area contributed by atoms with Crippen LogP contribution in [0.15, 0.2) is 53.4 Å². The third kappa shape index (κ3) is 4.98. The van der Waals surface area contributed by atoms with Crippen LogP contribution in [0.4, 0.5) is 5.69 Å². The summed E-state index contributed by atoms with van der Waals surface area (Å²) in [5.41, 5.74) is 2.22. The van der Waals surface area contributed by atoms with Crippen molar-refractivity contribution < 1.29 is 13.2 Å². The highest BCUT2D eigenvalue weighted by Crippen LogP contribution is 2.22. The molecule has 6 nitrogen and oxygen atoms in total. The van der Waals surface area contributed by atoms with Crippen LogP contribution >= 0.6 is 0 Å². The molecule has 1 aliphatic heterocycles. The van der Waals surface area contributed by atoms with Crippen molar-refractivity contribution in [2.24, 2.45) is 0 Å². The van der Waals surface area contributed by atoms with Gasteiger partial charge in [-0.05, 0) is 69.3 Å². The molecule has 1 saturated heterocycles. The van der Waals surface area contributed by atoms with Gasteiger partial charge in [0.05, 0.1) is 4.90 Å². The van der Waals surface area contributed by atoms with Crippen LogP contribution in [0.2, 0.25) is 0 Å². The molecule has 0 bridgehead atoms. The lowest BCUT2D eigenvalue weighted by Crippen LogP contribution is -2.28. The molecule has 0 aliphatic carbocycles. The lowest BCUT2D eigenvalue weighted by Gasteiger charge is -2.16. The van der Waals surface area contributed by atoms with Crippen LogP contribution < -0.4 is 5.32 Å². The van der Waals surface area contributed by atoms with Crippen LogP contribution in [-0.4, -0.2) is 57.3 Å². The molecule has 0 unspecified atom stereocenters. The molecular formula is C21H27N3O3S. The van der Waals surface area contributed by atoms with E-state index >= 15 is 0 Å². The average Bonchev–Trinajstić information content (AvgIpc) is 3.23. The van der Waals surface area contributed by atoms with Gasteiger partial charge in [-0.2, -0.15) is 4.31 Å². The monoisotopic (exact) mass is 401 g/mol. The summed E-state index contributed by atoms with van der Waals surface area (Å²) < 4.78 is 26.9. The summed E-state index contributed by atoms with van der Waals surface area (Å²) in [4.78, 5) is 14.9. The SMILES string of the molecule is CN(C)CCc1ccc(NC(=O)c2cccc(S(=O)(=O)N3CCCC3)c2)cc1. The molecule has 2 aromatic rings. The number of hydrogen-bond donors (Lipinski definition) is 1. The Hall–Kier alpha value is -2.22. The molecule has 1 amide bonds. The second kappa shape index (κ2) is 8.86. The quantitative estimate of drug-likeness (QED) is 0.775. The molecule has 0 saturated carbocycles. The number of nitrogens with zero attached hydrogens (tertiary/aromatic N) is 2. The van der Waals surface area contributed by atoms with Crippen molar-refractivity contribution in [2.45, 2.75) is 24.2 Å². The Morgan fingerprint density at radius 3 is 2.39 bits per heavy atom. The van der Waals surface area contributed by atoms with Crippen molar-refractivity contribution in [2.75, 3.05) is 39.0 Å². The molecular weight excluding hydrogens is 374 g/mol. The first-order valence-electron chi connectivity index (χ1n) is 9.51. The van der Waals surface area contributed by atoms with Gasteiger partial charge >= 0.3 is 0 Å². The van der Waals surface area contributed by atoms with E-state index in [0.717, 1.165) is 25.8 Å². The van der Waals surface area contributed by atoms with E-state index in [0.29, 0.717) is 24.3 Å². The molecule has 28 heavy (non-hydrogen) atoms. The minimum atomic E-state index is -3.54. The summed E-state index contributed by atoms with van der Waals surface area (Å²) in [5, 5.41) is 2.84. The zero-order chi connectivity index (χ0) is 20.1. The summed E-state index contributed by atoms with van der Waals surface area (Å²) in [6.07, 6.45) is 2.70. The highest BCUT2D eigenvalue weighted by Gasteiger charge is 2.27. The third-order valence-electron chi connectivity index (χ3n) is 4.86. The summed E-state index contributed by atoms with van der Waals surface area (Å²) in [7, 11) is 0.531. The number of sulfonamides is 1. The minimum Gasteiger partial charge on any atom is -0.322 e. The Balaban J connectivity index is 1.69. The molecule has 7 heteroatoms. The maximum atomic E-state index is 12.7. The van der Waals surface area contributed by atoms with Crippen LogP contribution in [0.3, 0.4) is 0 Å². The lowest BCUT2D eigenvalue weighted by molar-refractivity contribution is 0.102. The van der Waals surface area contributed by atoms with Gasteiger partial charge in [0.15, 0.2) is 0 Å². The maximum absolute atomic E-state index is 12.7. The first-order valence-corrected chi connectivity index (χ1v) is 11.0. The fourth-order valence-corrected chi connectivity index (χ4v) is 4.75. The van der Waals surface area contributed by atoms with Crippen molar-refractivity contribution in [3.05, 3.63) is 59.7 Å². The maximum Gasteiger partial charge on any atom is 0.255 e. The zero-order valence-electron chi connectivity index (χ0n) is 16.4. The van der Waals surface area contributed by atoms with Gasteiger partial charge in [0, 0.05) is 30.9 Å². The van der Waals surface area contributed by atoms with Gasteiger partial charge in [0.2, 0.25) is 10.0 Å². The molecule has 1 N–H and O–H groups in total. The Morgan fingerprint density at radius 2 is 1.75 bits per heavy atom. The van der Waals surface area contributed by atoms with Crippen LogP contribution in [-0.2, 0) is 16.4 Å². The van der Waals surface area contributed by atoms with E-state index in [4.69, 9.17) is 0 Å². The van der Waals surface area contributed by atoms with Gasteiger partial charge < -0.3 is 10.2 Å². The lowest BCUT2D eigenvalue weighted by atomic mass is 10.1. The number of benzene rings is 2. The molecule has 1 fully saturated rings. The Morgan fingerprint density at radius 1 is 1.07 bits per heavy atom. The number of hydrogen-bond acceptors (Lipinski definition) is 4. The zero-order valence-corrected chi connectivity index (χ0v) is 17.2. The van der Waals surface area contributed by atoms with E-state index in [-0.39, 0.29) is 10.8 Å². The molecule has 0 atom stereocenters. The standard InChI is InChI=1S/C21H27N3O3S/c1-23(2)15-12-17-8-10-19(11-9-17)22-21(25)18-6-5-7-20(16-18)28(26,27)24-13-3-4-14-24/h5-11,16H,3-4,12-15H2,1-2H3,(H,22,25). The first-order chi connectivity index (χ1) is 13.4. The molecule has 0 aromatic heterocycles. The van der Waals surface area contributed by atoms with Crippen molar-refractivity contribution in [1.82, 2.24) is 9.21 Å². The van der Waals surface area contributed by atoms with Crippen LogP contribution in [0.25, 0.3) is 0 Å². The van der Waals surface area contributed by atoms with Gasteiger partial charge in [-0.1, -0.05) is 18.2 Å². The van der Waals surface area contributed by atoms with E-state index in [1.165, 1.54) is 15.9 Å². The van der Waals surface area contributed by atoms with E-state index in [9.17, 15) is 13.2 Å². The highest BCUT2D eigenvalue weighted by atomic mass is 32.2. The predicted octanol–water partition coefficient (Wildman–Crippen LogP) is 2.83. The Labute approximate surface area is 167 Å². The molecule has 1 aliphatic rings. The Bertz CT molecular complexity index is 918. The number of anilines is 1. The van der Waals surface area contributed by atoms with Crippen LogP contribution in [0.1, 0.15) is 28.8 Å².